The van der Waals surface area contributed by atoms with E-state index in [0.29, 0.717) is 37.4 Å². The monoisotopic (exact) mass is 428 g/mol. The molecule has 1 aromatic carbocycles. The van der Waals surface area contributed by atoms with Crippen molar-refractivity contribution >= 4 is 23.8 Å². The van der Waals surface area contributed by atoms with Gasteiger partial charge in [0.2, 0.25) is 17.7 Å². The van der Waals surface area contributed by atoms with Gasteiger partial charge in [-0.15, -0.1) is 0 Å². The van der Waals surface area contributed by atoms with Crippen LogP contribution in [0.3, 0.4) is 0 Å². The molecule has 2 bridgehead atoms. The zero-order chi connectivity index (χ0) is 22.1. The average molecular weight is 428 g/mol. The molecule has 4 rings (SSSR count). The first kappa shape index (κ1) is 21.2. The fourth-order valence-corrected chi connectivity index (χ4v) is 4.56. The minimum Gasteiger partial charge on any atom is -0.496 e. The quantitative estimate of drug-likeness (QED) is 0.708. The molecule has 0 spiro atoms. The molecule has 0 saturated carbocycles. The van der Waals surface area contributed by atoms with E-state index in [2.05, 4.69) is 5.32 Å². The van der Waals surface area contributed by atoms with Gasteiger partial charge in [-0.3, -0.25) is 14.4 Å². The Morgan fingerprint density at radius 2 is 2.10 bits per heavy atom. The second-order valence-corrected chi connectivity index (χ2v) is 8.15. The molecule has 9 heteroatoms. The number of likely N-dealkylation sites (tertiary alicyclic amines) is 1. The molecule has 0 radical (unpaired) electrons. The summed E-state index contributed by atoms with van der Waals surface area (Å²) in [5.74, 6) is 0.360. The predicted octanol–water partition coefficient (Wildman–Crippen LogP) is 0.482. The van der Waals surface area contributed by atoms with E-state index in [1.807, 2.05) is 0 Å². The molecule has 0 aromatic heterocycles. The minimum atomic E-state index is -0.828. The third kappa shape index (κ3) is 3.97. The number of nitrogens with one attached hydrogen (secondary N) is 1. The van der Waals surface area contributed by atoms with Gasteiger partial charge in [-0.05, 0) is 44.0 Å². The van der Waals surface area contributed by atoms with Crippen molar-refractivity contribution in [3.8, 4) is 11.5 Å². The third-order valence-corrected chi connectivity index (χ3v) is 6.08. The normalized spacial score (nSPS) is 26.6. The van der Waals surface area contributed by atoms with E-state index in [0.717, 1.165) is 12.0 Å². The standard InChI is InChI=1S/C22H28N4O5/c1-13(23)21(28)26-11-8-18-19(26)22(29)25-10-3-4-16(25)20(27)24-9-7-14-12-15(31-18)5-6-17(14)30-2/h5-7,9,12-13,16,18-19H,3-4,8,10-11,23H2,1-2H3,(H,24,27). The van der Waals surface area contributed by atoms with Gasteiger partial charge in [0.1, 0.15) is 29.7 Å². The number of carbonyl (C=O) groups excluding carboxylic acids is 3. The van der Waals surface area contributed by atoms with Gasteiger partial charge in [-0.2, -0.15) is 0 Å². The largest absolute Gasteiger partial charge is 0.496 e. The second kappa shape index (κ2) is 8.58. The van der Waals surface area contributed by atoms with Crippen molar-refractivity contribution < 1.29 is 23.9 Å². The van der Waals surface area contributed by atoms with Crippen LogP contribution in [0.5, 0.6) is 11.5 Å². The zero-order valence-corrected chi connectivity index (χ0v) is 17.7. The number of amides is 3. The van der Waals surface area contributed by atoms with Gasteiger partial charge in [0, 0.05) is 31.3 Å². The third-order valence-electron chi connectivity index (χ3n) is 6.08. The highest BCUT2D eigenvalue weighted by Gasteiger charge is 2.48. The molecule has 1 aromatic rings. The van der Waals surface area contributed by atoms with Crippen LogP contribution in [0, 0.1) is 0 Å². The SMILES string of the molecule is COc1ccc2cc1C=CNC(=O)C1CCCN1C(=O)C1C(CCN1C(=O)C(C)N)O2. The van der Waals surface area contributed by atoms with E-state index in [9.17, 15) is 14.4 Å². The van der Waals surface area contributed by atoms with Crippen molar-refractivity contribution in [1.82, 2.24) is 15.1 Å². The number of carbonyl (C=O) groups is 3. The summed E-state index contributed by atoms with van der Waals surface area (Å²) in [6.07, 6.45) is 4.54. The predicted molar refractivity (Wildman–Crippen MR) is 113 cm³/mol. The molecule has 3 aliphatic rings. The highest BCUT2D eigenvalue weighted by atomic mass is 16.5. The average Bonchev–Trinajstić information content (AvgIpc) is 3.40. The van der Waals surface area contributed by atoms with Crippen LogP contribution in [-0.4, -0.2) is 72.0 Å². The van der Waals surface area contributed by atoms with Gasteiger partial charge in [0.25, 0.3) is 0 Å². The molecule has 4 unspecified atom stereocenters. The molecule has 3 heterocycles. The van der Waals surface area contributed by atoms with Crippen molar-refractivity contribution in [2.75, 3.05) is 20.2 Å². The summed E-state index contributed by atoms with van der Waals surface area (Å²) in [4.78, 5) is 42.3. The number of nitrogens with zero attached hydrogens (tertiary/aromatic N) is 2. The maximum Gasteiger partial charge on any atom is 0.249 e. The summed E-state index contributed by atoms with van der Waals surface area (Å²) >= 11 is 0. The van der Waals surface area contributed by atoms with Crippen LogP contribution in [-0.2, 0) is 14.4 Å². The fraction of sp³-hybridized carbons (Fsp3) is 0.500. The molecule has 9 nitrogen and oxygen atoms in total. The molecule has 0 aliphatic carbocycles. The molecule has 4 atom stereocenters. The summed E-state index contributed by atoms with van der Waals surface area (Å²) in [6, 6.07) is 3.18. The van der Waals surface area contributed by atoms with Crippen LogP contribution < -0.4 is 20.5 Å². The maximum absolute atomic E-state index is 13.6. The first-order valence-electron chi connectivity index (χ1n) is 10.6. The molecule has 3 N–H and O–H groups in total. The number of ether oxygens (including phenoxy) is 2. The first-order chi connectivity index (χ1) is 14.9. The summed E-state index contributed by atoms with van der Waals surface area (Å²) in [6.45, 7) is 2.44. The molecular weight excluding hydrogens is 400 g/mol. The van der Waals surface area contributed by atoms with Gasteiger partial charge < -0.3 is 30.3 Å². The number of nitrogens with two attached hydrogens (primary N) is 1. The van der Waals surface area contributed by atoms with Crippen LogP contribution in [0.1, 0.15) is 31.7 Å². The number of hydrogen-bond acceptors (Lipinski definition) is 6. The van der Waals surface area contributed by atoms with Crippen molar-refractivity contribution in [3.63, 3.8) is 0 Å². The first-order valence-corrected chi connectivity index (χ1v) is 10.6. The second-order valence-electron chi connectivity index (χ2n) is 8.15. The van der Waals surface area contributed by atoms with E-state index in [4.69, 9.17) is 15.2 Å². The lowest BCUT2D eigenvalue weighted by Gasteiger charge is -2.33. The lowest BCUT2D eigenvalue weighted by Crippen LogP contribution is -2.57. The Hall–Kier alpha value is -3.07. The molecule has 3 aliphatic heterocycles. The Morgan fingerprint density at radius 3 is 2.84 bits per heavy atom. The van der Waals surface area contributed by atoms with E-state index < -0.39 is 24.2 Å². The Balaban J connectivity index is 1.76. The smallest absolute Gasteiger partial charge is 0.249 e. The van der Waals surface area contributed by atoms with E-state index in [1.165, 1.54) is 4.90 Å². The van der Waals surface area contributed by atoms with Gasteiger partial charge in [0.15, 0.2) is 0 Å². The topological polar surface area (TPSA) is 114 Å². The van der Waals surface area contributed by atoms with Gasteiger partial charge in [-0.1, -0.05) is 0 Å². The van der Waals surface area contributed by atoms with Crippen LogP contribution in [0.4, 0.5) is 0 Å². The highest BCUT2D eigenvalue weighted by molar-refractivity contribution is 5.94. The zero-order valence-electron chi connectivity index (χ0n) is 17.7. The highest BCUT2D eigenvalue weighted by Crippen LogP contribution is 2.31. The van der Waals surface area contributed by atoms with Crippen molar-refractivity contribution in [1.29, 1.82) is 0 Å². The molecule has 3 amide bonds. The molecule has 31 heavy (non-hydrogen) atoms. The maximum atomic E-state index is 13.6. The summed E-state index contributed by atoms with van der Waals surface area (Å²) in [5.41, 5.74) is 6.57. The minimum absolute atomic E-state index is 0.253. The summed E-state index contributed by atoms with van der Waals surface area (Å²) < 4.78 is 11.6. The molecule has 2 saturated heterocycles. The Kier molecular flexibility index (Phi) is 5.86. The van der Waals surface area contributed by atoms with Crippen molar-refractivity contribution in [2.24, 2.45) is 5.73 Å². The Bertz CT molecular complexity index is 915. The van der Waals surface area contributed by atoms with E-state index in [-0.39, 0.29) is 17.7 Å². The number of fused-ring (bicyclic) bond motifs is 4. The lowest BCUT2D eigenvalue weighted by atomic mass is 10.1. The van der Waals surface area contributed by atoms with E-state index in [1.54, 1.807) is 49.4 Å². The van der Waals surface area contributed by atoms with Crippen molar-refractivity contribution in [3.05, 3.63) is 30.0 Å². The number of benzene rings is 1. The Morgan fingerprint density at radius 1 is 1.29 bits per heavy atom. The molecule has 166 valence electrons. The molecule has 2 fully saturated rings. The van der Waals surface area contributed by atoms with Gasteiger partial charge in [0.05, 0.1) is 13.2 Å². The summed E-state index contributed by atoms with van der Waals surface area (Å²) in [5, 5.41) is 2.77. The van der Waals surface area contributed by atoms with E-state index >= 15 is 0 Å². The summed E-state index contributed by atoms with van der Waals surface area (Å²) in [7, 11) is 1.57. The number of methoxy groups -OCH3 is 1. The van der Waals surface area contributed by atoms with Gasteiger partial charge in [-0.25, -0.2) is 0 Å². The van der Waals surface area contributed by atoms with Crippen molar-refractivity contribution in [2.45, 2.75) is 50.4 Å². The van der Waals surface area contributed by atoms with Crippen LogP contribution >= 0.6 is 0 Å². The van der Waals surface area contributed by atoms with Crippen LogP contribution in [0.15, 0.2) is 24.4 Å². The van der Waals surface area contributed by atoms with Crippen LogP contribution in [0.25, 0.3) is 6.08 Å². The fourth-order valence-electron chi connectivity index (χ4n) is 4.56. The lowest BCUT2D eigenvalue weighted by molar-refractivity contribution is -0.148. The number of rotatable bonds is 2. The van der Waals surface area contributed by atoms with Gasteiger partial charge >= 0.3 is 0 Å². The van der Waals surface area contributed by atoms with Crippen LogP contribution in [0.2, 0.25) is 0 Å². The molecular formula is C22H28N4O5. The number of hydrogen-bond donors (Lipinski definition) is 2. The Labute approximate surface area is 181 Å².